The van der Waals surface area contributed by atoms with Gasteiger partial charge >= 0.3 is 0 Å². The number of nitrogens with zero attached hydrogens (tertiary/aromatic N) is 2. The van der Waals surface area contributed by atoms with Crippen LogP contribution in [0.4, 0.5) is 0 Å². The molecule has 1 aromatic rings. The van der Waals surface area contributed by atoms with E-state index in [0.29, 0.717) is 23.2 Å². The molecule has 3 aliphatic rings. The topological polar surface area (TPSA) is 73.7 Å². The number of benzene rings is 1. The predicted molar refractivity (Wildman–Crippen MR) is 101 cm³/mol. The molecule has 0 fully saturated rings. The van der Waals surface area contributed by atoms with Gasteiger partial charge in [-0.3, -0.25) is 4.99 Å². The third kappa shape index (κ3) is 3.03. The van der Waals surface area contributed by atoms with E-state index >= 15 is 0 Å². The summed E-state index contributed by atoms with van der Waals surface area (Å²) in [4.78, 5) is 9.09. The van der Waals surface area contributed by atoms with Crippen LogP contribution in [0.15, 0.2) is 51.9 Å². The summed E-state index contributed by atoms with van der Waals surface area (Å²) in [5, 5.41) is 3.46. The number of allylic oxidation sites excluding steroid dienone is 1. The Balaban J connectivity index is 1.61. The van der Waals surface area contributed by atoms with Gasteiger partial charge in [0.2, 0.25) is 6.79 Å². The van der Waals surface area contributed by atoms with Gasteiger partial charge in [-0.1, -0.05) is 6.07 Å². The molecule has 0 saturated carbocycles. The minimum Gasteiger partial charge on any atom is -0.493 e. The third-order valence-corrected chi connectivity index (χ3v) is 4.42. The highest BCUT2D eigenvalue weighted by atomic mass is 32.1. The van der Waals surface area contributed by atoms with E-state index in [1.807, 2.05) is 30.4 Å². The lowest BCUT2D eigenvalue weighted by atomic mass is 9.94. The average molecular weight is 371 g/mol. The predicted octanol–water partition coefficient (Wildman–Crippen LogP) is 2.33. The summed E-state index contributed by atoms with van der Waals surface area (Å²) in [5.41, 5.74) is 1.79. The van der Waals surface area contributed by atoms with Gasteiger partial charge in [0.05, 0.1) is 32.4 Å². The molecule has 4 rings (SSSR count). The van der Waals surface area contributed by atoms with Crippen molar-refractivity contribution in [2.75, 3.05) is 21.0 Å². The van der Waals surface area contributed by atoms with E-state index in [-0.39, 0.29) is 12.7 Å². The number of ether oxygens (including phenoxy) is 4. The van der Waals surface area contributed by atoms with Gasteiger partial charge in [-0.25, -0.2) is 4.99 Å². The van der Waals surface area contributed by atoms with Gasteiger partial charge in [0.25, 0.3) is 0 Å². The Labute approximate surface area is 156 Å². The first-order chi connectivity index (χ1) is 12.7. The Morgan fingerprint density at radius 3 is 2.85 bits per heavy atom. The summed E-state index contributed by atoms with van der Waals surface area (Å²) >= 11 is 5.24. The zero-order valence-electron chi connectivity index (χ0n) is 14.3. The van der Waals surface area contributed by atoms with Crippen LogP contribution in [0, 0.1) is 5.92 Å². The molecule has 0 spiro atoms. The number of hydrogen-bond donors (Lipinski definition) is 1. The molecular weight excluding hydrogens is 354 g/mol. The molecule has 1 aromatic carbocycles. The number of nitrogens with one attached hydrogen (secondary N) is 1. The van der Waals surface area contributed by atoms with Crippen molar-refractivity contribution in [1.29, 1.82) is 0 Å². The van der Waals surface area contributed by atoms with Crippen LogP contribution in [0.2, 0.25) is 0 Å². The fraction of sp³-hybridized carbons (Fsp3) is 0.278. The van der Waals surface area contributed by atoms with E-state index in [4.69, 9.17) is 36.2 Å². The molecule has 1 unspecified atom stereocenters. The molecule has 2 heterocycles. The number of methoxy groups -OCH3 is 2. The summed E-state index contributed by atoms with van der Waals surface area (Å²) in [6, 6.07) is 5.79. The second-order valence-corrected chi connectivity index (χ2v) is 6.17. The van der Waals surface area contributed by atoms with Crippen LogP contribution in [0.25, 0.3) is 0 Å². The van der Waals surface area contributed by atoms with Crippen molar-refractivity contribution in [3.05, 3.63) is 47.4 Å². The molecule has 134 valence electrons. The standard InChI is InChI=1S/C18H17N3O4S/c1-22-14-6-11-12(7-15(14)23-2)20-18(26)21-17(11)19-8-10-3-4-13-16(5-10)25-9-24-13/h3-7,11H,8-9H2,1-2H3,(H,19,21,26). The number of fused-ring (bicyclic) bond motifs is 2. The van der Waals surface area contributed by atoms with Crippen LogP contribution in [-0.2, 0) is 16.0 Å². The molecule has 0 saturated heterocycles. The molecule has 26 heavy (non-hydrogen) atoms. The van der Waals surface area contributed by atoms with Crippen molar-refractivity contribution in [1.82, 2.24) is 5.32 Å². The zero-order chi connectivity index (χ0) is 18.1. The van der Waals surface area contributed by atoms with Gasteiger partial charge in [0.1, 0.15) is 5.84 Å². The minimum absolute atomic E-state index is 0.162. The third-order valence-electron chi connectivity index (χ3n) is 4.23. The maximum atomic E-state index is 5.41. The molecule has 7 nitrogen and oxygen atoms in total. The van der Waals surface area contributed by atoms with Gasteiger partial charge in [0, 0.05) is 6.08 Å². The van der Waals surface area contributed by atoms with Crippen molar-refractivity contribution < 1.29 is 18.9 Å². The van der Waals surface area contributed by atoms with Gasteiger partial charge in [-0.2, -0.15) is 0 Å². The lowest BCUT2D eigenvalue weighted by Crippen LogP contribution is -2.43. The van der Waals surface area contributed by atoms with Crippen molar-refractivity contribution in [2.24, 2.45) is 15.9 Å². The highest BCUT2D eigenvalue weighted by Gasteiger charge is 2.30. The number of thiocarbonyl (C=S) groups is 1. The van der Waals surface area contributed by atoms with E-state index < -0.39 is 0 Å². The highest BCUT2D eigenvalue weighted by Crippen LogP contribution is 2.33. The van der Waals surface area contributed by atoms with Crippen LogP contribution in [0.5, 0.6) is 11.5 Å². The largest absolute Gasteiger partial charge is 0.493 e. The van der Waals surface area contributed by atoms with Gasteiger partial charge in [-0.05, 0) is 36.0 Å². The molecule has 0 aromatic heterocycles. The van der Waals surface area contributed by atoms with E-state index in [9.17, 15) is 0 Å². The van der Waals surface area contributed by atoms with Gasteiger partial charge in [-0.15, -0.1) is 0 Å². The number of aliphatic imine (C=N–C) groups is 2. The molecule has 0 bridgehead atoms. The molecule has 2 aliphatic heterocycles. The SMILES string of the molecule is COC1=CC2=NC(=S)NC(=NCc3ccc4c(c3)OCO4)C2C=C1OC. The molecule has 0 amide bonds. The Morgan fingerprint density at radius 1 is 1.23 bits per heavy atom. The molecule has 1 atom stereocenters. The summed E-state index contributed by atoms with van der Waals surface area (Å²) in [6.45, 7) is 0.728. The van der Waals surface area contributed by atoms with Crippen molar-refractivity contribution >= 4 is 28.9 Å². The monoisotopic (exact) mass is 371 g/mol. The number of rotatable bonds is 4. The normalized spacial score (nSPS) is 22.1. The van der Waals surface area contributed by atoms with E-state index in [1.54, 1.807) is 14.2 Å². The minimum atomic E-state index is -0.162. The number of hydrogen-bond acceptors (Lipinski definition) is 6. The molecule has 1 N–H and O–H groups in total. The van der Waals surface area contributed by atoms with Crippen molar-refractivity contribution in [3.63, 3.8) is 0 Å². The van der Waals surface area contributed by atoms with Crippen molar-refractivity contribution in [2.45, 2.75) is 6.54 Å². The van der Waals surface area contributed by atoms with Crippen LogP contribution in [0.1, 0.15) is 5.56 Å². The van der Waals surface area contributed by atoms with Crippen LogP contribution < -0.4 is 14.8 Å². The quantitative estimate of drug-likeness (QED) is 0.819. The molecule has 1 aliphatic carbocycles. The fourth-order valence-corrected chi connectivity index (χ4v) is 3.16. The molecule has 0 radical (unpaired) electrons. The maximum Gasteiger partial charge on any atom is 0.231 e. The van der Waals surface area contributed by atoms with Crippen LogP contribution in [0.3, 0.4) is 0 Å². The first kappa shape index (κ1) is 16.6. The first-order valence-corrected chi connectivity index (χ1v) is 8.43. The number of amidine groups is 1. The van der Waals surface area contributed by atoms with Gasteiger partial charge in [0.15, 0.2) is 28.1 Å². The first-order valence-electron chi connectivity index (χ1n) is 8.02. The Hall–Kier alpha value is -2.87. The summed E-state index contributed by atoms with van der Waals surface area (Å²) in [7, 11) is 3.19. The zero-order valence-corrected chi connectivity index (χ0v) is 15.1. The van der Waals surface area contributed by atoms with Crippen molar-refractivity contribution in [3.8, 4) is 11.5 Å². The molecular formula is C18H17N3O4S. The molecule has 8 heteroatoms. The summed E-state index contributed by atoms with van der Waals surface area (Å²) in [5.74, 6) is 3.31. The fourth-order valence-electron chi connectivity index (χ4n) is 2.95. The highest BCUT2D eigenvalue weighted by molar-refractivity contribution is 7.80. The smallest absolute Gasteiger partial charge is 0.231 e. The summed E-state index contributed by atoms with van der Waals surface area (Å²) < 4.78 is 21.5. The lowest BCUT2D eigenvalue weighted by molar-refractivity contribution is 0.174. The van der Waals surface area contributed by atoms with Crippen LogP contribution in [-0.4, -0.2) is 37.7 Å². The summed E-state index contributed by atoms with van der Waals surface area (Å²) in [6.07, 6.45) is 3.75. The average Bonchev–Trinajstić information content (AvgIpc) is 3.12. The lowest BCUT2D eigenvalue weighted by Gasteiger charge is -2.27. The van der Waals surface area contributed by atoms with Crippen LogP contribution >= 0.6 is 12.2 Å². The Kier molecular flexibility index (Phi) is 4.34. The van der Waals surface area contributed by atoms with E-state index in [0.717, 1.165) is 28.6 Å². The van der Waals surface area contributed by atoms with E-state index in [2.05, 4.69) is 10.3 Å². The second-order valence-electron chi connectivity index (χ2n) is 5.78. The second kappa shape index (κ2) is 6.80. The Bertz CT molecular complexity index is 888. The maximum absolute atomic E-state index is 5.41. The van der Waals surface area contributed by atoms with Gasteiger partial charge < -0.3 is 24.3 Å². The van der Waals surface area contributed by atoms with E-state index in [1.165, 1.54) is 0 Å². The Morgan fingerprint density at radius 2 is 2.04 bits per heavy atom.